The molecule has 14 heavy (non-hydrogen) atoms. The molecule has 1 aromatic rings. The fraction of sp³-hybridized carbons (Fsp3) is 0.667. The molecule has 1 saturated heterocycles. The Labute approximate surface area is 96.4 Å². The van der Waals surface area contributed by atoms with E-state index in [0.29, 0.717) is 0 Å². The SMILES string of the molecule is NCC1CCN(c2nc(Br)cs2)CC1. The zero-order valence-corrected chi connectivity index (χ0v) is 10.4. The molecule has 0 radical (unpaired) electrons. The quantitative estimate of drug-likeness (QED) is 0.899. The highest BCUT2D eigenvalue weighted by Crippen LogP contribution is 2.27. The Morgan fingerprint density at radius 2 is 2.29 bits per heavy atom. The van der Waals surface area contributed by atoms with Crippen LogP contribution in [0.1, 0.15) is 12.8 Å². The highest BCUT2D eigenvalue weighted by molar-refractivity contribution is 9.10. The smallest absolute Gasteiger partial charge is 0.186 e. The summed E-state index contributed by atoms with van der Waals surface area (Å²) in [4.78, 5) is 6.76. The summed E-state index contributed by atoms with van der Waals surface area (Å²) in [5, 5.41) is 3.16. The van der Waals surface area contributed by atoms with Crippen LogP contribution in [-0.2, 0) is 0 Å². The third-order valence-corrected chi connectivity index (χ3v) is 4.29. The first-order chi connectivity index (χ1) is 6.79. The number of hydrogen-bond donors (Lipinski definition) is 1. The summed E-state index contributed by atoms with van der Waals surface area (Å²) in [6.07, 6.45) is 2.40. The second-order valence-corrected chi connectivity index (χ2v) is 5.27. The molecule has 1 aliphatic heterocycles. The number of nitrogens with two attached hydrogens (primary N) is 1. The van der Waals surface area contributed by atoms with E-state index in [0.717, 1.165) is 35.3 Å². The molecule has 2 rings (SSSR count). The number of aromatic nitrogens is 1. The van der Waals surface area contributed by atoms with E-state index in [1.165, 1.54) is 12.8 Å². The molecular weight excluding hydrogens is 262 g/mol. The van der Waals surface area contributed by atoms with E-state index in [-0.39, 0.29) is 0 Å². The largest absolute Gasteiger partial charge is 0.348 e. The standard InChI is InChI=1S/C9H14BrN3S/c10-8-6-14-9(12-8)13-3-1-7(5-11)2-4-13/h6-7H,1-5,11H2. The molecule has 0 spiro atoms. The maximum atomic E-state index is 5.65. The second kappa shape index (κ2) is 4.59. The van der Waals surface area contributed by atoms with Gasteiger partial charge in [0.05, 0.1) is 0 Å². The molecule has 0 amide bonds. The number of piperidine rings is 1. The van der Waals surface area contributed by atoms with Crippen molar-refractivity contribution in [3.05, 3.63) is 9.98 Å². The van der Waals surface area contributed by atoms with Gasteiger partial charge in [-0.2, -0.15) is 0 Å². The lowest BCUT2D eigenvalue weighted by molar-refractivity contribution is 0.414. The fourth-order valence-corrected chi connectivity index (χ4v) is 3.05. The van der Waals surface area contributed by atoms with Crippen LogP contribution in [0.2, 0.25) is 0 Å². The molecule has 0 aliphatic carbocycles. The van der Waals surface area contributed by atoms with Crippen molar-refractivity contribution >= 4 is 32.4 Å². The van der Waals surface area contributed by atoms with Crippen LogP contribution in [0.15, 0.2) is 9.98 Å². The average molecular weight is 276 g/mol. The van der Waals surface area contributed by atoms with Crippen LogP contribution < -0.4 is 10.6 Å². The Bertz CT molecular complexity index is 294. The number of nitrogens with zero attached hydrogens (tertiary/aromatic N) is 2. The normalized spacial score (nSPS) is 18.9. The van der Waals surface area contributed by atoms with Crippen LogP contribution in [0.5, 0.6) is 0 Å². The van der Waals surface area contributed by atoms with Crippen molar-refractivity contribution in [2.24, 2.45) is 11.7 Å². The Morgan fingerprint density at radius 3 is 2.79 bits per heavy atom. The van der Waals surface area contributed by atoms with Crippen molar-refractivity contribution in [1.29, 1.82) is 0 Å². The van der Waals surface area contributed by atoms with Crippen LogP contribution in [0.3, 0.4) is 0 Å². The van der Waals surface area contributed by atoms with Gasteiger partial charge in [-0.25, -0.2) is 4.98 Å². The van der Waals surface area contributed by atoms with E-state index in [1.54, 1.807) is 11.3 Å². The first-order valence-electron chi connectivity index (χ1n) is 4.85. The maximum Gasteiger partial charge on any atom is 0.186 e. The molecular formula is C9H14BrN3S. The predicted octanol–water partition coefficient (Wildman–Crippen LogP) is 2.08. The van der Waals surface area contributed by atoms with Crippen molar-refractivity contribution in [2.45, 2.75) is 12.8 Å². The molecule has 0 saturated carbocycles. The van der Waals surface area contributed by atoms with Crippen LogP contribution in [-0.4, -0.2) is 24.6 Å². The first-order valence-corrected chi connectivity index (χ1v) is 6.53. The lowest BCUT2D eigenvalue weighted by atomic mass is 9.98. The van der Waals surface area contributed by atoms with E-state index in [1.807, 2.05) is 5.38 Å². The molecule has 5 heteroatoms. The van der Waals surface area contributed by atoms with E-state index < -0.39 is 0 Å². The van der Waals surface area contributed by atoms with E-state index in [2.05, 4.69) is 25.8 Å². The van der Waals surface area contributed by atoms with Gasteiger partial charge in [0.25, 0.3) is 0 Å². The van der Waals surface area contributed by atoms with E-state index >= 15 is 0 Å². The molecule has 1 aromatic heterocycles. The van der Waals surface area contributed by atoms with E-state index in [9.17, 15) is 0 Å². The molecule has 3 nitrogen and oxygen atoms in total. The van der Waals surface area contributed by atoms with Gasteiger partial charge in [-0.1, -0.05) is 0 Å². The summed E-state index contributed by atoms with van der Waals surface area (Å²) in [6.45, 7) is 3.03. The highest BCUT2D eigenvalue weighted by atomic mass is 79.9. The average Bonchev–Trinajstić information content (AvgIpc) is 2.65. The van der Waals surface area contributed by atoms with Gasteiger partial charge >= 0.3 is 0 Å². The number of thiazole rings is 1. The van der Waals surface area contributed by atoms with E-state index in [4.69, 9.17) is 5.73 Å². The maximum absolute atomic E-state index is 5.65. The molecule has 0 bridgehead atoms. The van der Waals surface area contributed by atoms with Gasteiger partial charge in [0.2, 0.25) is 0 Å². The molecule has 1 aliphatic rings. The number of hydrogen-bond acceptors (Lipinski definition) is 4. The molecule has 0 aromatic carbocycles. The summed E-state index contributed by atoms with van der Waals surface area (Å²) < 4.78 is 0.943. The van der Waals surface area contributed by atoms with Crippen LogP contribution >= 0.6 is 27.3 Å². The molecule has 0 unspecified atom stereocenters. The van der Waals surface area contributed by atoms with Gasteiger partial charge in [0, 0.05) is 18.5 Å². The van der Waals surface area contributed by atoms with Gasteiger partial charge in [-0.15, -0.1) is 11.3 Å². The van der Waals surface area contributed by atoms with Crippen molar-refractivity contribution < 1.29 is 0 Å². The molecule has 1 fully saturated rings. The van der Waals surface area contributed by atoms with Crippen LogP contribution in [0.25, 0.3) is 0 Å². The zero-order chi connectivity index (χ0) is 9.97. The third kappa shape index (κ3) is 2.27. The number of anilines is 1. The Hall–Kier alpha value is -0.130. The molecule has 2 N–H and O–H groups in total. The van der Waals surface area contributed by atoms with Crippen molar-refractivity contribution in [2.75, 3.05) is 24.5 Å². The molecule has 78 valence electrons. The van der Waals surface area contributed by atoms with Gasteiger partial charge in [-0.05, 0) is 41.2 Å². The van der Waals surface area contributed by atoms with Crippen molar-refractivity contribution in [3.8, 4) is 0 Å². The molecule has 2 heterocycles. The summed E-state index contributed by atoms with van der Waals surface area (Å²) in [7, 11) is 0. The predicted molar refractivity (Wildman–Crippen MR) is 63.8 cm³/mol. The summed E-state index contributed by atoms with van der Waals surface area (Å²) in [5.41, 5.74) is 5.65. The van der Waals surface area contributed by atoms with Crippen molar-refractivity contribution in [3.63, 3.8) is 0 Å². The summed E-state index contributed by atoms with van der Waals surface area (Å²) >= 11 is 5.08. The van der Waals surface area contributed by atoms with Gasteiger partial charge < -0.3 is 10.6 Å². The number of rotatable bonds is 2. The van der Waals surface area contributed by atoms with Crippen molar-refractivity contribution in [1.82, 2.24) is 4.98 Å². The lowest BCUT2D eigenvalue weighted by Gasteiger charge is -2.30. The van der Waals surface area contributed by atoms with Crippen LogP contribution in [0, 0.1) is 5.92 Å². The van der Waals surface area contributed by atoms with Gasteiger partial charge in [0.15, 0.2) is 5.13 Å². The van der Waals surface area contributed by atoms with Gasteiger partial charge in [0.1, 0.15) is 4.60 Å². The second-order valence-electron chi connectivity index (χ2n) is 3.62. The Balaban J connectivity index is 1.95. The highest BCUT2D eigenvalue weighted by Gasteiger charge is 2.19. The monoisotopic (exact) mass is 275 g/mol. The summed E-state index contributed by atoms with van der Waals surface area (Å²) in [5.74, 6) is 0.717. The Kier molecular flexibility index (Phi) is 3.41. The fourth-order valence-electron chi connectivity index (χ4n) is 1.75. The lowest BCUT2D eigenvalue weighted by Crippen LogP contribution is -2.35. The minimum atomic E-state index is 0.717. The zero-order valence-electron chi connectivity index (χ0n) is 7.95. The molecule has 0 atom stereocenters. The summed E-state index contributed by atoms with van der Waals surface area (Å²) in [6, 6.07) is 0. The van der Waals surface area contributed by atoms with Crippen LogP contribution in [0.4, 0.5) is 5.13 Å². The Morgan fingerprint density at radius 1 is 1.57 bits per heavy atom. The third-order valence-electron chi connectivity index (χ3n) is 2.68. The number of halogens is 1. The minimum Gasteiger partial charge on any atom is -0.348 e. The topological polar surface area (TPSA) is 42.1 Å². The first kappa shape index (κ1) is 10.4. The minimum absolute atomic E-state index is 0.717. The van der Waals surface area contributed by atoms with Gasteiger partial charge in [-0.3, -0.25) is 0 Å².